The molecule has 0 radical (unpaired) electrons. The predicted octanol–water partition coefficient (Wildman–Crippen LogP) is 3.85. The van der Waals surface area contributed by atoms with Gasteiger partial charge in [-0.2, -0.15) is 0 Å². The van der Waals surface area contributed by atoms with Crippen LogP contribution >= 0.6 is 22.6 Å². The molecule has 19 heavy (non-hydrogen) atoms. The first-order valence-corrected chi connectivity index (χ1v) is 7.20. The molecule has 1 heterocycles. The summed E-state index contributed by atoms with van der Waals surface area (Å²) in [4.78, 5) is 0. The van der Waals surface area contributed by atoms with Gasteiger partial charge in [-0.05, 0) is 65.4 Å². The van der Waals surface area contributed by atoms with Crippen molar-refractivity contribution in [3.05, 3.63) is 51.1 Å². The minimum Gasteiger partial charge on any atom is -0.508 e. The summed E-state index contributed by atoms with van der Waals surface area (Å²) in [6, 6.07) is 11.7. The van der Waals surface area contributed by atoms with Crippen LogP contribution in [0.4, 0.5) is 5.69 Å². The molecule has 0 fully saturated rings. The fraction of sp³-hybridized carbons (Fsp3) is 0.200. The second kappa shape index (κ2) is 4.92. The van der Waals surface area contributed by atoms with E-state index in [0.717, 1.165) is 17.0 Å². The average molecular weight is 367 g/mol. The molecule has 0 saturated carbocycles. The van der Waals surface area contributed by atoms with Gasteiger partial charge in [0.1, 0.15) is 18.1 Å². The fourth-order valence-corrected chi connectivity index (χ4v) is 2.94. The van der Waals surface area contributed by atoms with Gasteiger partial charge in [0.2, 0.25) is 0 Å². The molecule has 0 saturated heterocycles. The molecule has 3 rings (SSSR count). The molecule has 1 aliphatic rings. The van der Waals surface area contributed by atoms with Gasteiger partial charge in [-0.15, -0.1) is 0 Å². The highest BCUT2D eigenvalue weighted by molar-refractivity contribution is 14.1. The van der Waals surface area contributed by atoms with Gasteiger partial charge in [-0.1, -0.05) is 0 Å². The monoisotopic (exact) mass is 367 g/mol. The van der Waals surface area contributed by atoms with Gasteiger partial charge >= 0.3 is 0 Å². The molecule has 0 aromatic heterocycles. The van der Waals surface area contributed by atoms with Gasteiger partial charge in [0, 0.05) is 20.9 Å². The van der Waals surface area contributed by atoms with Crippen molar-refractivity contribution in [3.8, 4) is 11.5 Å². The van der Waals surface area contributed by atoms with Crippen LogP contribution in [0, 0.1) is 10.5 Å². The Morgan fingerprint density at radius 1 is 1.26 bits per heavy atom. The van der Waals surface area contributed by atoms with Gasteiger partial charge in [0.25, 0.3) is 0 Å². The van der Waals surface area contributed by atoms with E-state index in [9.17, 15) is 5.11 Å². The van der Waals surface area contributed by atoms with Crippen LogP contribution in [0.1, 0.15) is 17.2 Å². The van der Waals surface area contributed by atoms with Crippen LogP contribution < -0.4 is 10.1 Å². The molecule has 0 bridgehead atoms. The molecule has 98 valence electrons. The number of halogens is 1. The molecule has 2 aromatic carbocycles. The minimum absolute atomic E-state index is 0.134. The molecule has 1 atom stereocenters. The number of aromatic hydroxyl groups is 1. The first kappa shape index (κ1) is 12.6. The zero-order valence-electron chi connectivity index (χ0n) is 10.5. The number of benzene rings is 2. The number of anilines is 1. The topological polar surface area (TPSA) is 41.5 Å². The SMILES string of the molecule is Cc1cc(I)ccc1NC1COc2cc(O)ccc21. The molecular weight excluding hydrogens is 353 g/mol. The molecule has 0 spiro atoms. The summed E-state index contributed by atoms with van der Waals surface area (Å²) in [5, 5.41) is 12.9. The zero-order valence-corrected chi connectivity index (χ0v) is 12.6. The fourth-order valence-electron chi connectivity index (χ4n) is 2.29. The van der Waals surface area contributed by atoms with E-state index in [4.69, 9.17) is 4.74 Å². The summed E-state index contributed by atoms with van der Waals surface area (Å²) in [5.41, 5.74) is 3.44. The molecule has 2 aromatic rings. The summed E-state index contributed by atoms with van der Waals surface area (Å²) in [7, 11) is 0. The predicted molar refractivity (Wildman–Crippen MR) is 83.9 cm³/mol. The maximum Gasteiger partial charge on any atom is 0.128 e. The van der Waals surface area contributed by atoms with E-state index in [0.29, 0.717) is 6.61 Å². The number of phenolic OH excluding ortho intramolecular Hbond substituents is 1. The van der Waals surface area contributed by atoms with Crippen molar-refractivity contribution in [3.63, 3.8) is 0 Å². The van der Waals surface area contributed by atoms with Crippen LogP contribution in [0.5, 0.6) is 11.5 Å². The Kier molecular flexibility index (Phi) is 3.26. The second-order valence-corrected chi connectivity index (χ2v) is 5.93. The molecule has 1 unspecified atom stereocenters. The standard InChI is InChI=1S/C15H14INO2/c1-9-6-10(16)2-5-13(9)17-14-8-19-15-7-11(18)3-4-12(14)15/h2-7,14,17-18H,8H2,1H3. The lowest BCUT2D eigenvalue weighted by molar-refractivity contribution is 0.338. The lowest BCUT2D eigenvalue weighted by Gasteiger charge is -2.15. The first-order valence-electron chi connectivity index (χ1n) is 6.12. The van der Waals surface area contributed by atoms with E-state index >= 15 is 0 Å². The molecule has 1 aliphatic heterocycles. The average Bonchev–Trinajstić information content (AvgIpc) is 2.75. The quantitative estimate of drug-likeness (QED) is 0.793. The summed E-state index contributed by atoms with van der Waals surface area (Å²) < 4.78 is 6.83. The van der Waals surface area contributed by atoms with Crippen LogP contribution in [0.2, 0.25) is 0 Å². The van der Waals surface area contributed by atoms with E-state index in [-0.39, 0.29) is 11.8 Å². The van der Waals surface area contributed by atoms with Crippen molar-refractivity contribution in [1.29, 1.82) is 0 Å². The van der Waals surface area contributed by atoms with Crippen LogP contribution in [0.25, 0.3) is 0 Å². The molecule has 0 aliphatic carbocycles. The van der Waals surface area contributed by atoms with E-state index in [2.05, 4.69) is 53.0 Å². The number of rotatable bonds is 2. The third kappa shape index (κ3) is 2.49. The highest BCUT2D eigenvalue weighted by Crippen LogP contribution is 2.37. The van der Waals surface area contributed by atoms with Gasteiger partial charge in [0.15, 0.2) is 0 Å². The van der Waals surface area contributed by atoms with E-state index in [1.807, 2.05) is 6.07 Å². The van der Waals surface area contributed by atoms with Crippen molar-refractivity contribution in [2.24, 2.45) is 0 Å². The van der Waals surface area contributed by atoms with Crippen molar-refractivity contribution >= 4 is 28.3 Å². The van der Waals surface area contributed by atoms with Crippen molar-refractivity contribution in [2.45, 2.75) is 13.0 Å². The van der Waals surface area contributed by atoms with E-state index in [1.54, 1.807) is 12.1 Å². The van der Waals surface area contributed by atoms with Crippen LogP contribution in [0.15, 0.2) is 36.4 Å². The highest BCUT2D eigenvalue weighted by atomic mass is 127. The van der Waals surface area contributed by atoms with Crippen LogP contribution in [-0.2, 0) is 0 Å². The van der Waals surface area contributed by atoms with E-state index in [1.165, 1.54) is 9.13 Å². The Bertz CT molecular complexity index is 628. The normalized spacial score (nSPS) is 16.8. The van der Waals surface area contributed by atoms with Gasteiger partial charge in [-0.3, -0.25) is 0 Å². The highest BCUT2D eigenvalue weighted by Gasteiger charge is 2.24. The number of phenols is 1. The summed E-state index contributed by atoms with van der Waals surface area (Å²) in [5.74, 6) is 1.01. The Morgan fingerprint density at radius 2 is 2.11 bits per heavy atom. The number of hydrogen-bond acceptors (Lipinski definition) is 3. The molecule has 2 N–H and O–H groups in total. The first-order chi connectivity index (χ1) is 9.13. The summed E-state index contributed by atoms with van der Waals surface area (Å²) in [6.07, 6.45) is 0. The lowest BCUT2D eigenvalue weighted by atomic mass is 10.1. The maximum absolute atomic E-state index is 9.45. The second-order valence-electron chi connectivity index (χ2n) is 4.69. The van der Waals surface area contributed by atoms with Crippen molar-refractivity contribution in [2.75, 3.05) is 11.9 Å². The van der Waals surface area contributed by atoms with E-state index < -0.39 is 0 Å². The third-order valence-corrected chi connectivity index (χ3v) is 3.97. The Hall–Kier alpha value is -1.43. The number of hydrogen-bond donors (Lipinski definition) is 2. The van der Waals surface area contributed by atoms with Crippen LogP contribution in [-0.4, -0.2) is 11.7 Å². The number of nitrogens with one attached hydrogen (secondary N) is 1. The number of ether oxygens (including phenoxy) is 1. The smallest absolute Gasteiger partial charge is 0.128 e. The van der Waals surface area contributed by atoms with Crippen molar-refractivity contribution in [1.82, 2.24) is 0 Å². The molecule has 0 amide bonds. The van der Waals surface area contributed by atoms with Gasteiger partial charge < -0.3 is 15.2 Å². The summed E-state index contributed by atoms with van der Waals surface area (Å²) in [6.45, 7) is 2.68. The van der Waals surface area contributed by atoms with Gasteiger partial charge in [0.05, 0.1) is 6.04 Å². The largest absolute Gasteiger partial charge is 0.508 e. The van der Waals surface area contributed by atoms with Crippen LogP contribution in [0.3, 0.4) is 0 Å². The molecule has 4 heteroatoms. The Morgan fingerprint density at radius 3 is 2.89 bits per heavy atom. The lowest BCUT2D eigenvalue weighted by Crippen LogP contribution is -2.12. The third-order valence-electron chi connectivity index (χ3n) is 3.30. The Balaban J connectivity index is 1.86. The molecule has 3 nitrogen and oxygen atoms in total. The minimum atomic E-state index is 0.134. The summed E-state index contributed by atoms with van der Waals surface area (Å²) >= 11 is 2.31. The molecular formula is C15H14INO2. The number of fused-ring (bicyclic) bond motifs is 1. The zero-order chi connectivity index (χ0) is 13.4. The Labute approximate surface area is 125 Å². The number of aryl methyl sites for hydroxylation is 1. The van der Waals surface area contributed by atoms with Crippen molar-refractivity contribution < 1.29 is 9.84 Å². The van der Waals surface area contributed by atoms with Gasteiger partial charge in [-0.25, -0.2) is 0 Å². The maximum atomic E-state index is 9.45.